The molecule has 0 fully saturated rings. The van der Waals surface area contributed by atoms with E-state index in [4.69, 9.17) is 9.84 Å². The Labute approximate surface area is 132 Å². The van der Waals surface area contributed by atoms with Crippen molar-refractivity contribution in [2.45, 2.75) is 12.8 Å². The number of allylic oxidation sites excluding steroid dienone is 1. The second-order valence-corrected chi connectivity index (χ2v) is 4.96. The summed E-state index contributed by atoms with van der Waals surface area (Å²) in [6.45, 7) is 0.811. The molecule has 0 atom stereocenters. The SMILES string of the molecule is OCC=Cc1ccc(C=CCCCOc2ccccc2)cc1. The predicted molar refractivity (Wildman–Crippen MR) is 92.8 cm³/mol. The lowest BCUT2D eigenvalue weighted by molar-refractivity contribution is 0.312. The van der Waals surface area contributed by atoms with Crippen molar-refractivity contribution in [1.29, 1.82) is 0 Å². The Morgan fingerprint density at radius 3 is 2.09 bits per heavy atom. The lowest BCUT2D eigenvalue weighted by Gasteiger charge is -2.03. The topological polar surface area (TPSA) is 29.5 Å². The first-order chi connectivity index (χ1) is 10.9. The fraction of sp³-hybridized carbons (Fsp3) is 0.200. The molecule has 2 heteroatoms. The Morgan fingerprint density at radius 2 is 1.45 bits per heavy atom. The summed E-state index contributed by atoms with van der Waals surface area (Å²) in [7, 11) is 0. The van der Waals surface area contributed by atoms with Crippen LogP contribution in [0.25, 0.3) is 12.2 Å². The molecule has 0 aliphatic carbocycles. The van der Waals surface area contributed by atoms with Crippen LogP contribution in [0.15, 0.2) is 66.7 Å². The van der Waals surface area contributed by atoms with Crippen molar-refractivity contribution in [3.8, 4) is 5.75 Å². The molecule has 0 aliphatic rings. The zero-order chi connectivity index (χ0) is 15.5. The minimum Gasteiger partial charge on any atom is -0.494 e. The van der Waals surface area contributed by atoms with Crippen LogP contribution in [0.5, 0.6) is 5.75 Å². The number of para-hydroxylation sites is 1. The van der Waals surface area contributed by atoms with Crippen LogP contribution in [0.2, 0.25) is 0 Å². The summed E-state index contributed by atoms with van der Waals surface area (Å²) in [6, 6.07) is 18.1. The van der Waals surface area contributed by atoms with E-state index in [1.165, 1.54) is 5.56 Å². The van der Waals surface area contributed by atoms with Gasteiger partial charge in [-0.25, -0.2) is 0 Å². The Kier molecular flexibility index (Phi) is 7.00. The van der Waals surface area contributed by atoms with Crippen LogP contribution < -0.4 is 4.74 Å². The van der Waals surface area contributed by atoms with E-state index in [0.717, 1.165) is 30.8 Å². The first-order valence-electron chi connectivity index (χ1n) is 7.60. The summed E-state index contributed by atoms with van der Waals surface area (Å²) in [5, 5.41) is 8.73. The van der Waals surface area contributed by atoms with Crippen molar-refractivity contribution >= 4 is 12.2 Å². The van der Waals surface area contributed by atoms with E-state index in [0.29, 0.717) is 0 Å². The third-order valence-corrected chi connectivity index (χ3v) is 3.19. The molecule has 0 unspecified atom stereocenters. The second-order valence-electron chi connectivity index (χ2n) is 4.96. The fourth-order valence-corrected chi connectivity index (χ4v) is 2.03. The predicted octanol–water partition coefficient (Wildman–Crippen LogP) is 4.56. The highest BCUT2D eigenvalue weighted by Gasteiger charge is 1.91. The van der Waals surface area contributed by atoms with E-state index in [9.17, 15) is 0 Å². The molecule has 2 aromatic rings. The third-order valence-electron chi connectivity index (χ3n) is 3.19. The summed E-state index contributed by atoms with van der Waals surface area (Å²) in [6.07, 6.45) is 9.95. The van der Waals surface area contributed by atoms with E-state index in [1.807, 2.05) is 48.5 Å². The number of hydrogen-bond acceptors (Lipinski definition) is 2. The number of hydrogen-bond donors (Lipinski definition) is 1. The van der Waals surface area contributed by atoms with Crippen LogP contribution in [0.3, 0.4) is 0 Å². The molecule has 0 heterocycles. The number of aliphatic hydroxyl groups is 1. The van der Waals surface area contributed by atoms with Crippen molar-refractivity contribution in [2.75, 3.05) is 13.2 Å². The molecule has 0 aliphatic heterocycles. The van der Waals surface area contributed by atoms with E-state index in [2.05, 4.69) is 24.3 Å². The molecule has 0 radical (unpaired) electrons. The fourth-order valence-electron chi connectivity index (χ4n) is 2.03. The lowest BCUT2D eigenvalue weighted by Crippen LogP contribution is -1.95. The minimum absolute atomic E-state index is 0.0761. The van der Waals surface area contributed by atoms with E-state index in [-0.39, 0.29) is 6.61 Å². The molecule has 2 aromatic carbocycles. The highest BCUT2D eigenvalue weighted by Crippen LogP contribution is 2.10. The number of rotatable bonds is 8. The van der Waals surface area contributed by atoms with Crippen molar-refractivity contribution in [3.05, 3.63) is 77.9 Å². The van der Waals surface area contributed by atoms with Gasteiger partial charge in [-0.15, -0.1) is 0 Å². The zero-order valence-corrected chi connectivity index (χ0v) is 12.7. The van der Waals surface area contributed by atoms with Crippen LogP contribution in [0.4, 0.5) is 0 Å². The van der Waals surface area contributed by atoms with Crippen molar-refractivity contribution < 1.29 is 9.84 Å². The molecule has 1 N–H and O–H groups in total. The molecule has 0 amide bonds. The van der Waals surface area contributed by atoms with E-state index >= 15 is 0 Å². The van der Waals surface area contributed by atoms with Crippen molar-refractivity contribution in [3.63, 3.8) is 0 Å². The van der Waals surface area contributed by atoms with Gasteiger partial charge in [0.1, 0.15) is 5.75 Å². The highest BCUT2D eigenvalue weighted by atomic mass is 16.5. The Bertz CT molecular complexity index is 583. The highest BCUT2D eigenvalue weighted by molar-refractivity contribution is 5.55. The molecule has 22 heavy (non-hydrogen) atoms. The van der Waals surface area contributed by atoms with Gasteiger partial charge in [-0.1, -0.05) is 66.8 Å². The van der Waals surface area contributed by atoms with E-state index in [1.54, 1.807) is 6.08 Å². The molecule has 114 valence electrons. The molecule has 0 spiro atoms. The third kappa shape index (κ3) is 5.98. The summed E-state index contributed by atoms with van der Waals surface area (Å²) < 4.78 is 5.65. The molecule has 0 aromatic heterocycles. The van der Waals surface area contributed by atoms with Gasteiger partial charge >= 0.3 is 0 Å². The van der Waals surface area contributed by atoms with Crippen molar-refractivity contribution in [2.24, 2.45) is 0 Å². The van der Waals surface area contributed by atoms with Gasteiger partial charge in [0, 0.05) is 0 Å². The summed E-state index contributed by atoms with van der Waals surface area (Å²) >= 11 is 0. The molecular weight excluding hydrogens is 272 g/mol. The molecule has 0 bridgehead atoms. The molecule has 2 rings (SSSR count). The number of unbranched alkanes of at least 4 members (excludes halogenated alkanes) is 1. The first kappa shape index (κ1) is 16.1. The van der Waals surface area contributed by atoms with Gasteiger partial charge in [-0.3, -0.25) is 0 Å². The van der Waals surface area contributed by atoms with Crippen molar-refractivity contribution in [1.82, 2.24) is 0 Å². The molecular formula is C20H22O2. The summed E-state index contributed by atoms with van der Waals surface area (Å²) in [5.41, 5.74) is 2.28. The van der Waals surface area contributed by atoms with Gasteiger partial charge in [0.15, 0.2) is 0 Å². The average Bonchev–Trinajstić information content (AvgIpc) is 2.58. The number of aliphatic hydroxyl groups excluding tert-OH is 1. The van der Waals surface area contributed by atoms with Crippen LogP contribution in [0.1, 0.15) is 24.0 Å². The second kappa shape index (κ2) is 9.59. The van der Waals surface area contributed by atoms with Crippen LogP contribution in [0, 0.1) is 0 Å². The normalized spacial score (nSPS) is 11.3. The molecule has 0 saturated heterocycles. The average molecular weight is 294 g/mol. The monoisotopic (exact) mass is 294 g/mol. The Morgan fingerprint density at radius 1 is 0.818 bits per heavy atom. The first-order valence-corrected chi connectivity index (χ1v) is 7.60. The van der Waals surface area contributed by atoms with Crippen LogP contribution >= 0.6 is 0 Å². The summed E-state index contributed by atoms with van der Waals surface area (Å²) in [4.78, 5) is 0. The number of benzene rings is 2. The van der Waals surface area contributed by atoms with Gasteiger partial charge in [-0.2, -0.15) is 0 Å². The van der Waals surface area contributed by atoms with Crippen LogP contribution in [-0.4, -0.2) is 18.3 Å². The van der Waals surface area contributed by atoms with Gasteiger partial charge in [0.05, 0.1) is 13.2 Å². The molecule has 0 saturated carbocycles. The smallest absolute Gasteiger partial charge is 0.119 e. The zero-order valence-electron chi connectivity index (χ0n) is 12.7. The van der Waals surface area contributed by atoms with Gasteiger partial charge in [0.25, 0.3) is 0 Å². The van der Waals surface area contributed by atoms with Gasteiger partial charge < -0.3 is 9.84 Å². The maximum atomic E-state index is 8.73. The maximum Gasteiger partial charge on any atom is 0.119 e. The Hall–Kier alpha value is -2.32. The Balaban J connectivity index is 1.68. The van der Waals surface area contributed by atoms with Gasteiger partial charge in [-0.05, 0) is 36.1 Å². The van der Waals surface area contributed by atoms with Gasteiger partial charge in [0.2, 0.25) is 0 Å². The van der Waals surface area contributed by atoms with Crippen LogP contribution in [-0.2, 0) is 0 Å². The maximum absolute atomic E-state index is 8.73. The summed E-state index contributed by atoms with van der Waals surface area (Å²) in [5.74, 6) is 0.929. The molecule has 2 nitrogen and oxygen atoms in total. The standard InChI is InChI=1S/C20H22O2/c21-16-7-9-19-14-12-18(13-15-19)8-3-2-6-17-22-20-10-4-1-5-11-20/h1,3-5,7-15,21H,2,6,16-17H2. The van der Waals surface area contributed by atoms with E-state index < -0.39 is 0 Å². The minimum atomic E-state index is 0.0761. The lowest BCUT2D eigenvalue weighted by atomic mass is 10.1. The quantitative estimate of drug-likeness (QED) is 0.723. The largest absolute Gasteiger partial charge is 0.494 e. The number of ether oxygens (including phenoxy) is 1.